The Hall–Kier alpha value is -2.30. The number of aromatic nitrogens is 2. The number of nitrogens with zero attached hydrogens (tertiary/aromatic N) is 2. The summed E-state index contributed by atoms with van der Waals surface area (Å²) in [5.41, 5.74) is 6.56. The third kappa shape index (κ3) is 4.08. The van der Waals surface area contributed by atoms with Gasteiger partial charge >= 0.3 is 0 Å². The number of nitrogen functional groups attached to an aromatic ring is 1. The maximum atomic E-state index is 5.76. The summed E-state index contributed by atoms with van der Waals surface area (Å²) in [5, 5.41) is 0. The van der Waals surface area contributed by atoms with Gasteiger partial charge in [0.1, 0.15) is 5.82 Å². The Balaban J connectivity index is 2.31. The Bertz CT molecular complexity index is 587. The normalized spacial score (nSPS) is 10.4. The molecule has 0 spiro atoms. The average molecular weight is 287 g/mol. The summed E-state index contributed by atoms with van der Waals surface area (Å²) in [6.45, 7) is 5.44. The fraction of sp³-hybridized carbons (Fsp3) is 0.375. The molecule has 112 valence electrons. The number of rotatable bonds is 7. The fourth-order valence-corrected chi connectivity index (χ4v) is 1.81. The highest BCUT2D eigenvalue weighted by Crippen LogP contribution is 2.32. The molecule has 1 aromatic heterocycles. The molecule has 0 aliphatic carbocycles. The van der Waals surface area contributed by atoms with Crippen molar-refractivity contribution in [3.63, 3.8) is 0 Å². The fourth-order valence-electron chi connectivity index (χ4n) is 1.81. The average Bonchev–Trinajstić information content (AvgIpc) is 2.51. The Kier molecular flexibility index (Phi) is 5.37. The first-order chi connectivity index (χ1) is 10.2. The molecular formula is C16H21N3O2. The summed E-state index contributed by atoms with van der Waals surface area (Å²) in [7, 11) is 0. The van der Waals surface area contributed by atoms with Gasteiger partial charge in [-0.15, -0.1) is 0 Å². The summed E-state index contributed by atoms with van der Waals surface area (Å²) in [4.78, 5) is 8.46. The van der Waals surface area contributed by atoms with E-state index >= 15 is 0 Å². The van der Waals surface area contributed by atoms with Crippen LogP contribution in [-0.4, -0.2) is 23.2 Å². The molecule has 0 unspecified atom stereocenters. The van der Waals surface area contributed by atoms with E-state index in [9.17, 15) is 0 Å². The second kappa shape index (κ2) is 7.47. The predicted molar refractivity (Wildman–Crippen MR) is 83.5 cm³/mol. The van der Waals surface area contributed by atoms with Gasteiger partial charge in [-0.25, -0.2) is 9.97 Å². The standard InChI is InChI=1S/C16H21N3O2/c1-3-9-20-13-6-5-12(11-14(13)21-10-4-2)16-18-8-7-15(17)19-16/h5-8,11H,3-4,9-10H2,1-2H3,(H2,17,18,19). The highest BCUT2D eigenvalue weighted by Gasteiger charge is 2.09. The molecule has 21 heavy (non-hydrogen) atoms. The van der Waals surface area contributed by atoms with Gasteiger partial charge in [-0.05, 0) is 37.1 Å². The first-order valence-electron chi connectivity index (χ1n) is 7.23. The van der Waals surface area contributed by atoms with Crippen LogP contribution in [0.2, 0.25) is 0 Å². The van der Waals surface area contributed by atoms with Crippen LogP contribution in [0.25, 0.3) is 11.4 Å². The van der Waals surface area contributed by atoms with Crippen LogP contribution in [0.5, 0.6) is 11.5 Å². The van der Waals surface area contributed by atoms with E-state index in [0.717, 1.165) is 24.2 Å². The quantitative estimate of drug-likeness (QED) is 0.846. The van der Waals surface area contributed by atoms with Crippen LogP contribution in [0, 0.1) is 0 Å². The predicted octanol–water partition coefficient (Wildman–Crippen LogP) is 3.30. The molecule has 0 saturated carbocycles. The van der Waals surface area contributed by atoms with Crippen molar-refractivity contribution in [1.82, 2.24) is 9.97 Å². The summed E-state index contributed by atoms with van der Waals surface area (Å²) < 4.78 is 11.5. The lowest BCUT2D eigenvalue weighted by atomic mass is 10.2. The first-order valence-corrected chi connectivity index (χ1v) is 7.23. The lowest BCUT2D eigenvalue weighted by molar-refractivity contribution is 0.268. The van der Waals surface area contributed by atoms with Gasteiger partial charge in [0.05, 0.1) is 13.2 Å². The zero-order chi connectivity index (χ0) is 15.1. The largest absolute Gasteiger partial charge is 0.490 e. The maximum Gasteiger partial charge on any atom is 0.161 e. The van der Waals surface area contributed by atoms with E-state index in [2.05, 4.69) is 23.8 Å². The molecule has 0 radical (unpaired) electrons. The topological polar surface area (TPSA) is 70.3 Å². The Labute approximate surface area is 125 Å². The minimum Gasteiger partial charge on any atom is -0.490 e. The second-order valence-electron chi connectivity index (χ2n) is 4.66. The van der Waals surface area contributed by atoms with E-state index in [1.165, 1.54) is 0 Å². The zero-order valence-electron chi connectivity index (χ0n) is 12.5. The van der Waals surface area contributed by atoms with Crippen LogP contribution >= 0.6 is 0 Å². The molecule has 2 rings (SSSR count). The van der Waals surface area contributed by atoms with Crippen LogP contribution in [0.1, 0.15) is 26.7 Å². The molecule has 0 saturated heterocycles. The van der Waals surface area contributed by atoms with Crippen molar-refractivity contribution in [1.29, 1.82) is 0 Å². The van der Waals surface area contributed by atoms with Crippen LogP contribution < -0.4 is 15.2 Å². The number of hydrogen-bond donors (Lipinski definition) is 1. The molecule has 0 aliphatic rings. The van der Waals surface area contributed by atoms with E-state index in [4.69, 9.17) is 15.2 Å². The van der Waals surface area contributed by atoms with Crippen LogP contribution in [0.15, 0.2) is 30.5 Å². The molecule has 0 atom stereocenters. The molecule has 0 fully saturated rings. The van der Waals surface area contributed by atoms with Gasteiger partial charge in [-0.1, -0.05) is 13.8 Å². The van der Waals surface area contributed by atoms with Gasteiger partial charge in [-0.2, -0.15) is 0 Å². The van der Waals surface area contributed by atoms with E-state index in [1.54, 1.807) is 12.3 Å². The zero-order valence-corrected chi connectivity index (χ0v) is 12.5. The lowest BCUT2D eigenvalue weighted by Crippen LogP contribution is -2.02. The SMILES string of the molecule is CCCOc1ccc(-c2nccc(N)n2)cc1OCCC. The van der Waals surface area contributed by atoms with Crippen molar-refractivity contribution < 1.29 is 9.47 Å². The second-order valence-corrected chi connectivity index (χ2v) is 4.66. The van der Waals surface area contributed by atoms with Gasteiger partial charge < -0.3 is 15.2 Å². The number of hydrogen-bond acceptors (Lipinski definition) is 5. The maximum absolute atomic E-state index is 5.76. The van der Waals surface area contributed by atoms with E-state index in [-0.39, 0.29) is 0 Å². The summed E-state index contributed by atoms with van der Waals surface area (Å²) >= 11 is 0. The molecule has 0 bridgehead atoms. The molecule has 1 heterocycles. The van der Waals surface area contributed by atoms with Gasteiger partial charge in [0, 0.05) is 11.8 Å². The lowest BCUT2D eigenvalue weighted by Gasteiger charge is -2.13. The van der Waals surface area contributed by atoms with Gasteiger partial charge in [0.25, 0.3) is 0 Å². The van der Waals surface area contributed by atoms with Crippen LogP contribution in [-0.2, 0) is 0 Å². The van der Waals surface area contributed by atoms with Gasteiger partial charge in [0.2, 0.25) is 0 Å². The van der Waals surface area contributed by atoms with Crippen molar-refractivity contribution in [2.75, 3.05) is 18.9 Å². The number of benzene rings is 1. The Morgan fingerprint density at radius 2 is 1.71 bits per heavy atom. The Morgan fingerprint density at radius 3 is 2.38 bits per heavy atom. The monoisotopic (exact) mass is 287 g/mol. The van der Waals surface area contributed by atoms with Crippen molar-refractivity contribution in [2.45, 2.75) is 26.7 Å². The number of anilines is 1. The third-order valence-corrected chi connectivity index (χ3v) is 2.80. The molecular weight excluding hydrogens is 266 g/mol. The van der Waals surface area contributed by atoms with Crippen molar-refractivity contribution in [3.05, 3.63) is 30.5 Å². The molecule has 5 heteroatoms. The summed E-state index contributed by atoms with van der Waals surface area (Å²) in [6.07, 6.45) is 3.53. The summed E-state index contributed by atoms with van der Waals surface area (Å²) in [6, 6.07) is 7.37. The van der Waals surface area contributed by atoms with Gasteiger partial charge in [0.15, 0.2) is 17.3 Å². The summed E-state index contributed by atoms with van der Waals surface area (Å²) in [5.74, 6) is 2.49. The highest BCUT2D eigenvalue weighted by atomic mass is 16.5. The van der Waals surface area contributed by atoms with Crippen molar-refractivity contribution >= 4 is 5.82 Å². The van der Waals surface area contributed by atoms with Crippen LogP contribution in [0.3, 0.4) is 0 Å². The molecule has 0 aliphatic heterocycles. The Morgan fingerprint density at radius 1 is 1.00 bits per heavy atom. The van der Waals surface area contributed by atoms with Crippen LogP contribution in [0.4, 0.5) is 5.82 Å². The molecule has 2 N–H and O–H groups in total. The van der Waals surface area contributed by atoms with E-state index in [0.29, 0.717) is 30.6 Å². The minimum absolute atomic E-state index is 0.447. The smallest absolute Gasteiger partial charge is 0.161 e. The first kappa shape index (κ1) is 15.1. The van der Waals surface area contributed by atoms with Crippen molar-refractivity contribution in [2.24, 2.45) is 0 Å². The molecule has 2 aromatic rings. The highest BCUT2D eigenvalue weighted by molar-refractivity contribution is 5.62. The molecule has 0 amide bonds. The van der Waals surface area contributed by atoms with E-state index < -0.39 is 0 Å². The number of nitrogens with two attached hydrogens (primary N) is 1. The third-order valence-electron chi connectivity index (χ3n) is 2.80. The number of ether oxygens (including phenoxy) is 2. The molecule has 5 nitrogen and oxygen atoms in total. The van der Waals surface area contributed by atoms with Gasteiger partial charge in [-0.3, -0.25) is 0 Å². The molecule has 1 aromatic carbocycles. The minimum atomic E-state index is 0.447. The van der Waals surface area contributed by atoms with E-state index in [1.807, 2.05) is 18.2 Å². The van der Waals surface area contributed by atoms with Crippen molar-refractivity contribution in [3.8, 4) is 22.9 Å².